The number of carbonyl (C=O) groups excluding carboxylic acids is 2. The molecule has 5 heteroatoms. The number of benzene rings is 1. The summed E-state index contributed by atoms with van der Waals surface area (Å²) in [6.07, 6.45) is 0. The smallest absolute Gasteiger partial charge is 0.242 e. The Morgan fingerprint density at radius 3 is 2.40 bits per heavy atom. The number of amides is 2. The Morgan fingerprint density at radius 2 is 1.85 bits per heavy atom. The molecule has 0 aliphatic carbocycles. The van der Waals surface area contributed by atoms with E-state index >= 15 is 0 Å². The van der Waals surface area contributed by atoms with Crippen molar-refractivity contribution in [2.45, 2.75) is 13.5 Å². The molecular weight excluding hydrogens is 256 g/mol. The second-order valence-electron chi connectivity index (χ2n) is 4.67. The van der Waals surface area contributed by atoms with Crippen molar-refractivity contribution in [1.29, 1.82) is 0 Å². The Morgan fingerprint density at radius 1 is 1.20 bits per heavy atom. The summed E-state index contributed by atoms with van der Waals surface area (Å²) in [5, 5.41) is 0. The quantitative estimate of drug-likeness (QED) is 0.751. The molecular formula is C15H22N2O3. The number of hydrogen-bond acceptors (Lipinski definition) is 3. The Bertz CT molecular complexity index is 434. The third-order valence-electron chi connectivity index (χ3n) is 3.03. The van der Waals surface area contributed by atoms with E-state index < -0.39 is 0 Å². The molecule has 5 nitrogen and oxygen atoms in total. The highest BCUT2D eigenvalue weighted by atomic mass is 16.5. The van der Waals surface area contributed by atoms with Crippen LogP contribution in [-0.2, 0) is 20.9 Å². The molecule has 0 saturated heterocycles. The van der Waals surface area contributed by atoms with Gasteiger partial charge in [0.05, 0.1) is 13.2 Å². The summed E-state index contributed by atoms with van der Waals surface area (Å²) in [5.74, 6) is -0.205. The fourth-order valence-electron chi connectivity index (χ4n) is 1.78. The summed E-state index contributed by atoms with van der Waals surface area (Å²) < 4.78 is 4.94. The van der Waals surface area contributed by atoms with Crippen LogP contribution in [0.4, 0.5) is 0 Å². The fourth-order valence-corrected chi connectivity index (χ4v) is 1.78. The van der Waals surface area contributed by atoms with Gasteiger partial charge in [0, 0.05) is 34.2 Å². The van der Waals surface area contributed by atoms with Gasteiger partial charge in [-0.15, -0.1) is 0 Å². The number of methoxy groups -OCH3 is 1. The lowest BCUT2D eigenvalue weighted by Gasteiger charge is -2.24. The average molecular weight is 278 g/mol. The van der Waals surface area contributed by atoms with Crippen LogP contribution in [0.25, 0.3) is 0 Å². The summed E-state index contributed by atoms with van der Waals surface area (Å²) in [6, 6.07) is 9.75. The number of hydrogen-bond donors (Lipinski definition) is 0. The summed E-state index contributed by atoms with van der Waals surface area (Å²) in [5.41, 5.74) is 1.06. The van der Waals surface area contributed by atoms with Gasteiger partial charge in [0.15, 0.2) is 0 Å². The van der Waals surface area contributed by atoms with Crippen molar-refractivity contribution in [1.82, 2.24) is 9.80 Å². The summed E-state index contributed by atoms with van der Waals surface area (Å²) in [6.45, 7) is 2.93. The lowest BCUT2D eigenvalue weighted by molar-refractivity contribution is -0.139. The Labute approximate surface area is 120 Å². The standard InChI is InChI=1S/C15H22N2O3/c1-13(18)17(9-10-20-3)12-15(19)16(2)11-14-7-5-4-6-8-14/h4-8H,9-12H2,1-3H3. The highest BCUT2D eigenvalue weighted by Gasteiger charge is 2.16. The first-order chi connectivity index (χ1) is 9.54. The predicted octanol–water partition coefficient (Wildman–Crippen LogP) is 1.14. The Hall–Kier alpha value is -1.88. The SMILES string of the molecule is COCCN(CC(=O)N(C)Cc1ccccc1)C(C)=O. The topological polar surface area (TPSA) is 49.9 Å². The minimum Gasteiger partial charge on any atom is -0.383 e. The average Bonchev–Trinajstić information content (AvgIpc) is 2.43. The molecule has 0 heterocycles. The van der Waals surface area contributed by atoms with E-state index in [4.69, 9.17) is 4.74 Å². The molecule has 0 fully saturated rings. The molecule has 20 heavy (non-hydrogen) atoms. The number of ether oxygens (including phenoxy) is 1. The van der Waals surface area contributed by atoms with Crippen molar-refractivity contribution in [3.8, 4) is 0 Å². The lowest BCUT2D eigenvalue weighted by atomic mass is 10.2. The molecule has 0 radical (unpaired) electrons. The van der Waals surface area contributed by atoms with Gasteiger partial charge in [-0.2, -0.15) is 0 Å². The van der Waals surface area contributed by atoms with E-state index in [0.717, 1.165) is 5.56 Å². The number of nitrogens with zero attached hydrogens (tertiary/aromatic N) is 2. The van der Waals surface area contributed by atoms with E-state index in [1.807, 2.05) is 30.3 Å². The minimum absolute atomic E-state index is 0.0832. The van der Waals surface area contributed by atoms with Crippen molar-refractivity contribution in [3.63, 3.8) is 0 Å². The van der Waals surface area contributed by atoms with E-state index in [1.54, 1.807) is 19.1 Å². The van der Waals surface area contributed by atoms with Gasteiger partial charge >= 0.3 is 0 Å². The monoisotopic (exact) mass is 278 g/mol. The predicted molar refractivity (Wildman–Crippen MR) is 77.0 cm³/mol. The Balaban J connectivity index is 2.53. The zero-order valence-corrected chi connectivity index (χ0v) is 12.3. The van der Waals surface area contributed by atoms with E-state index in [2.05, 4.69) is 0 Å². The molecule has 0 saturated carbocycles. The van der Waals surface area contributed by atoms with Gasteiger partial charge in [-0.1, -0.05) is 30.3 Å². The van der Waals surface area contributed by atoms with Crippen LogP contribution >= 0.6 is 0 Å². The van der Waals surface area contributed by atoms with Gasteiger partial charge in [-0.3, -0.25) is 9.59 Å². The highest BCUT2D eigenvalue weighted by Crippen LogP contribution is 2.03. The second-order valence-corrected chi connectivity index (χ2v) is 4.67. The lowest BCUT2D eigenvalue weighted by Crippen LogP contribution is -2.41. The van der Waals surface area contributed by atoms with Crippen molar-refractivity contribution >= 4 is 11.8 Å². The van der Waals surface area contributed by atoms with Crippen LogP contribution in [-0.4, -0.2) is 55.5 Å². The van der Waals surface area contributed by atoms with Crippen LogP contribution in [0.15, 0.2) is 30.3 Å². The summed E-state index contributed by atoms with van der Waals surface area (Å²) >= 11 is 0. The zero-order valence-electron chi connectivity index (χ0n) is 12.3. The van der Waals surface area contributed by atoms with Crippen LogP contribution in [0, 0.1) is 0 Å². The van der Waals surface area contributed by atoms with Gasteiger partial charge in [0.25, 0.3) is 0 Å². The first kappa shape index (κ1) is 16.2. The van der Waals surface area contributed by atoms with E-state index in [-0.39, 0.29) is 18.4 Å². The molecule has 0 N–H and O–H groups in total. The fraction of sp³-hybridized carbons (Fsp3) is 0.467. The van der Waals surface area contributed by atoms with Gasteiger partial charge in [-0.05, 0) is 5.56 Å². The van der Waals surface area contributed by atoms with Crippen molar-refractivity contribution in [2.75, 3.05) is 33.9 Å². The van der Waals surface area contributed by atoms with E-state index in [0.29, 0.717) is 19.7 Å². The molecule has 0 aromatic heterocycles. The van der Waals surface area contributed by atoms with Crippen LogP contribution < -0.4 is 0 Å². The third-order valence-corrected chi connectivity index (χ3v) is 3.03. The van der Waals surface area contributed by atoms with E-state index in [1.165, 1.54) is 11.8 Å². The van der Waals surface area contributed by atoms with E-state index in [9.17, 15) is 9.59 Å². The van der Waals surface area contributed by atoms with Crippen molar-refractivity contribution in [3.05, 3.63) is 35.9 Å². The summed E-state index contributed by atoms with van der Waals surface area (Å²) in [7, 11) is 3.31. The zero-order chi connectivity index (χ0) is 15.0. The van der Waals surface area contributed by atoms with Crippen LogP contribution in [0.1, 0.15) is 12.5 Å². The Kier molecular flexibility index (Phi) is 6.73. The number of carbonyl (C=O) groups is 2. The second kappa shape index (κ2) is 8.32. The maximum Gasteiger partial charge on any atom is 0.242 e. The molecule has 2 amide bonds. The highest BCUT2D eigenvalue weighted by molar-refractivity contribution is 5.83. The maximum atomic E-state index is 12.1. The molecule has 0 spiro atoms. The molecule has 0 bridgehead atoms. The largest absolute Gasteiger partial charge is 0.383 e. The molecule has 0 atom stereocenters. The van der Waals surface area contributed by atoms with Crippen molar-refractivity contribution in [2.24, 2.45) is 0 Å². The van der Waals surface area contributed by atoms with Crippen molar-refractivity contribution < 1.29 is 14.3 Å². The molecule has 0 unspecified atom stereocenters. The summed E-state index contributed by atoms with van der Waals surface area (Å²) in [4.78, 5) is 26.7. The van der Waals surface area contributed by atoms with Crippen LogP contribution in [0.3, 0.4) is 0 Å². The number of rotatable bonds is 7. The maximum absolute atomic E-state index is 12.1. The molecule has 0 aliphatic rings. The molecule has 110 valence electrons. The first-order valence-electron chi connectivity index (χ1n) is 6.57. The van der Waals surface area contributed by atoms with Gasteiger partial charge < -0.3 is 14.5 Å². The van der Waals surface area contributed by atoms with Crippen LogP contribution in [0.2, 0.25) is 0 Å². The van der Waals surface area contributed by atoms with Gasteiger partial charge in [0.1, 0.15) is 0 Å². The normalized spacial score (nSPS) is 10.2. The molecule has 0 aliphatic heterocycles. The molecule has 1 rings (SSSR count). The van der Waals surface area contributed by atoms with Gasteiger partial charge in [-0.25, -0.2) is 0 Å². The molecule has 1 aromatic rings. The van der Waals surface area contributed by atoms with Gasteiger partial charge in [0.2, 0.25) is 11.8 Å². The third kappa shape index (κ3) is 5.40. The first-order valence-corrected chi connectivity index (χ1v) is 6.57. The molecule has 1 aromatic carbocycles. The minimum atomic E-state index is -0.122. The number of likely N-dealkylation sites (N-methyl/N-ethyl adjacent to an activating group) is 1. The van der Waals surface area contributed by atoms with Crippen LogP contribution in [0.5, 0.6) is 0 Å².